The van der Waals surface area contributed by atoms with Crippen LogP contribution < -0.4 is 16.2 Å². The lowest BCUT2D eigenvalue weighted by molar-refractivity contribution is -0.143. The number of likely N-dealkylation sites (N-methyl/N-ethyl adjacent to an activating group) is 1. The molecule has 0 saturated heterocycles. The summed E-state index contributed by atoms with van der Waals surface area (Å²) in [6.45, 7) is 1.84. The number of benzene rings is 1. The van der Waals surface area contributed by atoms with Crippen LogP contribution in [0, 0.1) is 11.7 Å². The number of ether oxygens (including phenoxy) is 1. The van der Waals surface area contributed by atoms with Crippen LogP contribution in [0.1, 0.15) is 34.6 Å². The number of aliphatic imine (C=N–C) groups is 1. The number of carbonyl (C=O) groups excluding carboxylic acids is 2. The van der Waals surface area contributed by atoms with Gasteiger partial charge in [0.25, 0.3) is 17.4 Å². The first-order chi connectivity index (χ1) is 15.3. The minimum atomic E-state index is -0.975. The summed E-state index contributed by atoms with van der Waals surface area (Å²) >= 11 is 0. The van der Waals surface area contributed by atoms with Gasteiger partial charge in [0.1, 0.15) is 23.2 Å². The van der Waals surface area contributed by atoms with Crippen LogP contribution in [0.4, 0.5) is 10.1 Å². The maximum Gasteiger partial charge on any atom is 0.267 e. The van der Waals surface area contributed by atoms with Crippen molar-refractivity contribution in [3.05, 3.63) is 57.3 Å². The Labute approximate surface area is 182 Å². The summed E-state index contributed by atoms with van der Waals surface area (Å²) in [5, 5.41) is 15.8. The number of pyridine rings is 1. The predicted octanol–water partition coefficient (Wildman–Crippen LogP) is 1.20. The summed E-state index contributed by atoms with van der Waals surface area (Å²) in [7, 11) is 1.46. The second kappa shape index (κ2) is 8.54. The molecular weight excluding hydrogens is 419 g/mol. The molecule has 2 aromatic rings. The highest BCUT2D eigenvalue weighted by Crippen LogP contribution is 2.45. The molecule has 1 aromatic carbocycles. The van der Waals surface area contributed by atoms with E-state index in [-0.39, 0.29) is 30.5 Å². The van der Waals surface area contributed by atoms with Crippen LogP contribution in [0.2, 0.25) is 0 Å². The molecule has 2 aliphatic heterocycles. The third-order valence-electron chi connectivity index (χ3n) is 5.65. The second-order valence-corrected chi connectivity index (χ2v) is 7.66. The molecule has 2 amide bonds. The lowest BCUT2D eigenvalue weighted by Crippen LogP contribution is -2.48. The van der Waals surface area contributed by atoms with Crippen LogP contribution in [0.15, 0.2) is 34.1 Å². The lowest BCUT2D eigenvalue weighted by Gasteiger charge is -2.38. The Balaban J connectivity index is 1.84. The summed E-state index contributed by atoms with van der Waals surface area (Å²) in [5.74, 6) is -2.40. The highest BCUT2D eigenvalue weighted by molar-refractivity contribution is 5.98. The van der Waals surface area contributed by atoms with E-state index in [4.69, 9.17) is 4.74 Å². The Bertz CT molecular complexity index is 1160. The molecule has 0 spiro atoms. The summed E-state index contributed by atoms with van der Waals surface area (Å²) in [4.78, 5) is 42.4. The standard InChI is InChI=1S/C22H23FN4O5/c1-3-25-21(30)15-18(28)16-17-19(32-14(20(29)24-2)10-27(17)22(15)31)12(9-26-16)8-11-4-6-13(23)7-5-11/h4-7,9,12,14,19,28H,3,8,10H2,1-2H3,(H,24,29)(H,25,30). The van der Waals surface area contributed by atoms with Crippen molar-refractivity contribution < 1.29 is 23.8 Å². The van der Waals surface area contributed by atoms with E-state index < -0.39 is 40.9 Å². The van der Waals surface area contributed by atoms with Gasteiger partial charge in [-0.05, 0) is 31.0 Å². The lowest BCUT2D eigenvalue weighted by atomic mass is 9.88. The van der Waals surface area contributed by atoms with Gasteiger partial charge in [0.15, 0.2) is 11.9 Å². The van der Waals surface area contributed by atoms with Gasteiger partial charge in [-0.3, -0.25) is 19.4 Å². The molecule has 0 radical (unpaired) electrons. The van der Waals surface area contributed by atoms with Gasteiger partial charge in [0.05, 0.1) is 12.2 Å². The summed E-state index contributed by atoms with van der Waals surface area (Å²) < 4.78 is 20.7. The van der Waals surface area contributed by atoms with Crippen LogP contribution in [-0.2, 0) is 22.5 Å². The van der Waals surface area contributed by atoms with Crippen molar-refractivity contribution in [1.82, 2.24) is 15.2 Å². The molecule has 1 aromatic heterocycles. The van der Waals surface area contributed by atoms with E-state index >= 15 is 0 Å². The zero-order valence-corrected chi connectivity index (χ0v) is 17.6. The third-order valence-corrected chi connectivity index (χ3v) is 5.65. The van der Waals surface area contributed by atoms with Gasteiger partial charge in [-0.25, -0.2) is 4.39 Å². The molecule has 0 fully saturated rings. The Morgan fingerprint density at radius 3 is 2.69 bits per heavy atom. The smallest absolute Gasteiger partial charge is 0.267 e. The molecular formula is C22H23FN4O5. The van der Waals surface area contributed by atoms with Gasteiger partial charge in [0.2, 0.25) is 0 Å². The molecule has 2 aliphatic rings. The van der Waals surface area contributed by atoms with E-state index in [0.717, 1.165) is 5.56 Å². The van der Waals surface area contributed by atoms with Crippen LogP contribution in [-0.4, -0.2) is 47.4 Å². The molecule has 3 heterocycles. The first kappa shape index (κ1) is 21.7. The molecule has 168 valence electrons. The molecule has 32 heavy (non-hydrogen) atoms. The fourth-order valence-electron chi connectivity index (χ4n) is 4.12. The monoisotopic (exact) mass is 442 g/mol. The average Bonchev–Trinajstić information content (AvgIpc) is 2.79. The van der Waals surface area contributed by atoms with Crippen molar-refractivity contribution in [3.63, 3.8) is 0 Å². The molecule has 3 atom stereocenters. The number of halogens is 1. The van der Waals surface area contributed by atoms with Crippen LogP contribution in [0.5, 0.6) is 5.75 Å². The van der Waals surface area contributed by atoms with Crippen molar-refractivity contribution >= 4 is 23.7 Å². The molecule has 0 saturated carbocycles. The van der Waals surface area contributed by atoms with Gasteiger partial charge in [-0.15, -0.1) is 0 Å². The van der Waals surface area contributed by atoms with Gasteiger partial charge in [-0.2, -0.15) is 0 Å². The molecule has 3 unspecified atom stereocenters. The van der Waals surface area contributed by atoms with Crippen molar-refractivity contribution in [2.24, 2.45) is 10.9 Å². The van der Waals surface area contributed by atoms with Crippen LogP contribution in [0.3, 0.4) is 0 Å². The van der Waals surface area contributed by atoms with Gasteiger partial charge in [-0.1, -0.05) is 12.1 Å². The highest BCUT2D eigenvalue weighted by atomic mass is 19.1. The van der Waals surface area contributed by atoms with Crippen molar-refractivity contribution in [2.45, 2.75) is 32.1 Å². The number of nitrogens with one attached hydrogen (secondary N) is 2. The number of hydrogen-bond donors (Lipinski definition) is 3. The minimum absolute atomic E-state index is 0.0709. The molecule has 9 nitrogen and oxygen atoms in total. The van der Waals surface area contributed by atoms with Crippen LogP contribution >= 0.6 is 0 Å². The van der Waals surface area contributed by atoms with E-state index in [9.17, 15) is 23.9 Å². The maximum absolute atomic E-state index is 13.3. The molecule has 4 rings (SSSR count). The van der Waals surface area contributed by atoms with Crippen LogP contribution in [0.25, 0.3) is 0 Å². The van der Waals surface area contributed by atoms with Gasteiger partial charge in [0, 0.05) is 25.7 Å². The van der Waals surface area contributed by atoms with E-state index in [2.05, 4.69) is 15.6 Å². The summed E-state index contributed by atoms with van der Waals surface area (Å²) in [5.41, 5.74) is 0.0639. The number of amides is 2. The topological polar surface area (TPSA) is 122 Å². The quantitative estimate of drug-likeness (QED) is 0.643. The number of carbonyl (C=O) groups is 2. The van der Waals surface area contributed by atoms with Crippen molar-refractivity contribution in [3.8, 4) is 5.75 Å². The molecule has 0 bridgehead atoms. The SMILES string of the molecule is CCNC(=O)c1c(O)c2c3n(c1=O)CC(C(=O)NC)OC3C(Cc1ccc(F)cc1)C=N2. The fraction of sp³-hybridized carbons (Fsp3) is 0.364. The van der Waals surface area contributed by atoms with E-state index in [0.29, 0.717) is 12.1 Å². The zero-order chi connectivity index (χ0) is 23.0. The first-order valence-corrected chi connectivity index (χ1v) is 10.3. The number of aromatic hydroxyl groups is 1. The maximum atomic E-state index is 13.3. The Morgan fingerprint density at radius 1 is 1.31 bits per heavy atom. The Kier molecular flexibility index (Phi) is 5.79. The number of aromatic nitrogens is 1. The summed E-state index contributed by atoms with van der Waals surface area (Å²) in [6.07, 6.45) is 0.224. The van der Waals surface area contributed by atoms with E-state index in [1.807, 2.05) is 0 Å². The average molecular weight is 442 g/mol. The van der Waals surface area contributed by atoms with E-state index in [1.165, 1.54) is 23.7 Å². The fourth-order valence-corrected chi connectivity index (χ4v) is 4.12. The third kappa shape index (κ3) is 3.66. The van der Waals surface area contributed by atoms with Crippen molar-refractivity contribution in [2.75, 3.05) is 13.6 Å². The Hall–Kier alpha value is -3.53. The number of nitrogens with zero attached hydrogens (tertiary/aromatic N) is 2. The molecule has 10 heteroatoms. The van der Waals surface area contributed by atoms with Crippen molar-refractivity contribution in [1.29, 1.82) is 0 Å². The zero-order valence-electron chi connectivity index (χ0n) is 17.6. The predicted molar refractivity (Wildman–Crippen MR) is 114 cm³/mol. The second-order valence-electron chi connectivity index (χ2n) is 7.66. The Morgan fingerprint density at radius 2 is 2.03 bits per heavy atom. The van der Waals surface area contributed by atoms with Gasteiger partial charge < -0.3 is 25.0 Å². The summed E-state index contributed by atoms with van der Waals surface area (Å²) in [6, 6.07) is 5.97. The molecule has 0 aliphatic carbocycles. The minimum Gasteiger partial charge on any atom is -0.505 e. The normalized spacial score (nSPS) is 21.0. The highest BCUT2D eigenvalue weighted by Gasteiger charge is 2.42. The number of hydrogen-bond acceptors (Lipinski definition) is 6. The van der Waals surface area contributed by atoms with E-state index in [1.54, 1.807) is 25.3 Å². The van der Waals surface area contributed by atoms with Gasteiger partial charge >= 0.3 is 0 Å². The number of rotatable bonds is 5. The largest absolute Gasteiger partial charge is 0.505 e. The molecule has 3 N–H and O–H groups in total. The first-order valence-electron chi connectivity index (χ1n) is 10.3.